The molecule has 1 unspecified atom stereocenters. The topological polar surface area (TPSA) is 47.4 Å². The van der Waals surface area contributed by atoms with Crippen molar-refractivity contribution in [1.29, 1.82) is 0 Å². The van der Waals surface area contributed by atoms with Crippen LogP contribution in [0.5, 0.6) is 5.88 Å². The van der Waals surface area contributed by atoms with Gasteiger partial charge in [0.2, 0.25) is 5.88 Å². The van der Waals surface area contributed by atoms with E-state index >= 15 is 0 Å². The first-order chi connectivity index (χ1) is 10.6. The van der Waals surface area contributed by atoms with Gasteiger partial charge >= 0.3 is 0 Å². The molecule has 0 spiro atoms. The van der Waals surface area contributed by atoms with Gasteiger partial charge < -0.3 is 9.64 Å². The lowest BCUT2D eigenvalue weighted by atomic mass is 9.97. The van der Waals surface area contributed by atoms with E-state index < -0.39 is 0 Å². The number of aryl methyl sites for hydroxylation is 2. The number of carbonyl (C=O) groups excluding carboxylic acids is 1. The van der Waals surface area contributed by atoms with Crippen LogP contribution in [0, 0.1) is 6.92 Å². The molecule has 0 bridgehead atoms. The van der Waals surface area contributed by atoms with Crippen LogP contribution in [0.3, 0.4) is 0 Å². The normalized spacial score (nSPS) is 17.8. The zero-order chi connectivity index (χ0) is 15.7. The lowest BCUT2D eigenvalue weighted by Gasteiger charge is -2.16. The number of hydrogen-bond acceptors (Lipinski definition) is 3. The molecular formula is C17H21N3O2. The molecule has 22 heavy (non-hydrogen) atoms. The Morgan fingerprint density at radius 3 is 2.95 bits per heavy atom. The second-order valence-electron chi connectivity index (χ2n) is 5.88. The lowest BCUT2D eigenvalue weighted by molar-refractivity contribution is 0.0787. The summed E-state index contributed by atoms with van der Waals surface area (Å²) < 4.78 is 6.81. The number of carbonyl (C=O) groups is 1. The fourth-order valence-corrected chi connectivity index (χ4v) is 3.08. The Hall–Kier alpha value is -2.30. The van der Waals surface area contributed by atoms with Crippen molar-refractivity contribution in [3.63, 3.8) is 0 Å². The summed E-state index contributed by atoms with van der Waals surface area (Å²) in [4.78, 5) is 14.6. The van der Waals surface area contributed by atoms with Crippen LogP contribution in [0.25, 0.3) is 0 Å². The lowest BCUT2D eigenvalue weighted by Crippen LogP contribution is -2.28. The standard InChI is InChI=1S/C17H21N3O2/c1-12-5-4-6-13(9-12)14-7-8-20(10-14)17(21)15-11-19(2)18-16(15)22-3/h4-6,9,11,14H,7-8,10H2,1-3H3. The van der Waals surface area contributed by atoms with Crippen molar-refractivity contribution < 1.29 is 9.53 Å². The maximum atomic E-state index is 12.7. The minimum atomic E-state index is 0.0000954. The van der Waals surface area contributed by atoms with E-state index in [0.717, 1.165) is 19.5 Å². The number of rotatable bonds is 3. The Balaban J connectivity index is 1.76. The van der Waals surface area contributed by atoms with Gasteiger partial charge in [-0.25, -0.2) is 0 Å². The number of benzene rings is 1. The SMILES string of the molecule is COc1nn(C)cc1C(=O)N1CCC(c2cccc(C)c2)C1. The van der Waals surface area contributed by atoms with Crippen molar-refractivity contribution >= 4 is 5.91 Å². The van der Waals surface area contributed by atoms with E-state index in [4.69, 9.17) is 4.74 Å². The van der Waals surface area contributed by atoms with Crippen molar-refractivity contribution in [3.8, 4) is 5.88 Å². The molecule has 0 N–H and O–H groups in total. The van der Waals surface area contributed by atoms with E-state index in [1.54, 1.807) is 25.0 Å². The number of nitrogens with zero attached hydrogens (tertiary/aromatic N) is 3. The Labute approximate surface area is 130 Å². The van der Waals surface area contributed by atoms with Gasteiger partial charge in [-0.2, -0.15) is 0 Å². The molecule has 116 valence electrons. The van der Waals surface area contributed by atoms with Gasteiger partial charge in [-0.05, 0) is 18.9 Å². The molecule has 1 aliphatic heterocycles. The highest BCUT2D eigenvalue weighted by atomic mass is 16.5. The van der Waals surface area contributed by atoms with Gasteiger partial charge in [-0.1, -0.05) is 29.8 Å². The molecule has 0 aliphatic carbocycles. The third kappa shape index (κ3) is 2.71. The number of ether oxygens (including phenoxy) is 1. The van der Waals surface area contributed by atoms with Crippen molar-refractivity contribution in [1.82, 2.24) is 14.7 Å². The minimum absolute atomic E-state index is 0.0000954. The van der Waals surface area contributed by atoms with Gasteiger partial charge in [0, 0.05) is 32.3 Å². The maximum Gasteiger partial charge on any atom is 0.260 e. The predicted molar refractivity (Wildman–Crippen MR) is 84.2 cm³/mol. The third-order valence-electron chi connectivity index (χ3n) is 4.21. The summed E-state index contributed by atoms with van der Waals surface area (Å²) in [6.45, 7) is 3.62. The van der Waals surface area contributed by atoms with Crippen molar-refractivity contribution in [3.05, 3.63) is 47.2 Å². The number of methoxy groups -OCH3 is 1. The molecule has 1 atom stereocenters. The van der Waals surface area contributed by atoms with E-state index in [1.165, 1.54) is 11.1 Å². The summed E-state index contributed by atoms with van der Waals surface area (Å²) in [5.74, 6) is 0.804. The van der Waals surface area contributed by atoms with Crippen LogP contribution in [-0.2, 0) is 7.05 Å². The molecule has 5 nitrogen and oxygen atoms in total. The number of aromatic nitrogens is 2. The highest BCUT2D eigenvalue weighted by Gasteiger charge is 2.30. The van der Waals surface area contributed by atoms with E-state index in [-0.39, 0.29) is 5.91 Å². The molecule has 0 radical (unpaired) electrons. The smallest absolute Gasteiger partial charge is 0.260 e. The second-order valence-corrected chi connectivity index (χ2v) is 5.88. The average molecular weight is 299 g/mol. The second kappa shape index (κ2) is 5.83. The van der Waals surface area contributed by atoms with E-state index in [9.17, 15) is 4.79 Å². The molecule has 0 saturated carbocycles. The largest absolute Gasteiger partial charge is 0.479 e. The number of amides is 1. The Bertz CT molecular complexity index is 693. The minimum Gasteiger partial charge on any atom is -0.479 e. The van der Waals surface area contributed by atoms with Gasteiger partial charge in [0.25, 0.3) is 5.91 Å². The summed E-state index contributed by atoms with van der Waals surface area (Å²) in [5, 5.41) is 4.16. The van der Waals surface area contributed by atoms with Crippen LogP contribution < -0.4 is 4.74 Å². The molecule has 5 heteroatoms. The molecule has 1 aromatic carbocycles. The summed E-state index contributed by atoms with van der Waals surface area (Å²) in [6, 6.07) is 8.54. The Morgan fingerprint density at radius 1 is 1.41 bits per heavy atom. The van der Waals surface area contributed by atoms with Crippen LogP contribution in [-0.4, -0.2) is 40.8 Å². The Kier molecular flexibility index (Phi) is 3.88. The predicted octanol–water partition coefficient (Wildman–Crippen LogP) is 2.37. The van der Waals surface area contributed by atoms with Gasteiger partial charge in [0.05, 0.1) is 7.11 Å². The fraction of sp³-hybridized carbons (Fsp3) is 0.412. The highest BCUT2D eigenvalue weighted by Crippen LogP contribution is 2.29. The zero-order valence-corrected chi connectivity index (χ0v) is 13.2. The number of likely N-dealkylation sites (tertiary alicyclic amines) is 1. The maximum absolute atomic E-state index is 12.7. The third-order valence-corrected chi connectivity index (χ3v) is 4.21. The molecule has 1 fully saturated rings. The van der Waals surface area contributed by atoms with Crippen molar-refractivity contribution in [2.24, 2.45) is 7.05 Å². The van der Waals surface area contributed by atoms with Crippen LogP contribution in [0.2, 0.25) is 0 Å². The molecule has 1 saturated heterocycles. The summed E-state index contributed by atoms with van der Waals surface area (Å²) in [5.41, 5.74) is 3.11. The van der Waals surface area contributed by atoms with Crippen LogP contribution in [0.1, 0.15) is 33.8 Å². The monoisotopic (exact) mass is 299 g/mol. The average Bonchev–Trinajstić information content (AvgIpc) is 3.13. The highest BCUT2D eigenvalue weighted by molar-refractivity contribution is 5.96. The Morgan fingerprint density at radius 2 is 2.23 bits per heavy atom. The van der Waals surface area contributed by atoms with Gasteiger partial charge in [0.15, 0.2) is 0 Å². The van der Waals surface area contributed by atoms with E-state index in [0.29, 0.717) is 17.4 Å². The first-order valence-electron chi connectivity index (χ1n) is 7.52. The van der Waals surface area contributed by atoms with E-state index in [1.807, 2.05) is 4.90 Å². The molecule has 1 amide bonds. The van der Waals surface area contributed by atoms with Crippen LogP contribution in [0.15, 0.2) is 30.5 Å². The van der Waals surface area contributed by atoms with Crippen LogP contribution >= 0.6 is 0 Å². The molecule has 2 aromatic rings. The number of hydrogen-bond donors (Lipinski definition) is 0. The van der Waals surface area contributed by atoms with Crippen molar-refractivity contribution in [2.75, 3.05) is 20.2 Å². The van der Waals surface area contributed by atoms with Crippen molar-refractivity contribution in [2.45, 2.75) is 19.3 Å². The first kappa shape index (κ1) is 14.6. The molecule has 1 aliphatic rings. The van der Waals surface area contributed by atoms with E-state index in [2.05, 4.69) is 36.3 Å². The summed E-state index contributed by atoms with van der Waals surface area (Å²) in [7, 11) is 3.33. The molecule has 2 heterocycles. The summed E-state index contributed by atoms with van der Waals surface area (Å²) in [6.07, 6.45) is 2.72. The first-order valence-corrected chi connectivity index (χ1v) is 7.52. The molecule has 1 aromatic heterocycles. The van der Waals surface area contributed by atoms with Gasteiger partial charge in [-0.15, -0.1) is 5.10 Å². The summed E-state index contributed by atoms with van der Waals surface area (Å²) >= 11 is 0. The molecular weight excluding hydrogens is 278 g/mol. The fourth-order valence-electron chi connectivity index (χ4n) is 3.08. The zero-order valence-electron chi connectivity index (χ0n) is 13.2. The van der Waals surface area contributed by atoms with Gasteiger partial charge in [0.1, 0.15) is 5.56 Å². The molecule has 3 rings (SSSR count). The van der Waals surface area contributed by atoms with Crippen LogP contribution in [0.4, 0.5) is 0 Å². The quantitative estimate of drug-likeness (QED) is 0.874. The van der Waals surface area contributed by atoms with Gasteiger partial charge in [-0.3, -0.25) is 9.48 Å².